The molecule has 24 heavy (non-hydrogen) atoms. The summed E-state index contributed by atoms with van der Waals surface area (Å²) in [7, 11) is 1.85. The van der Waals surface area contributed by atoms with Crippen LogP contribution < -0.4 is 0 Å². The van der Waals surface area contributed by atoms with Gasteiger partial charge in [-0.1, -0.05) is 30.3 Å². The molecule has 0 aliphatic carbocycles. The highest BCUT2D eigenvalue weighted by Crippen LogP contribution is 2.13. The largest absolute Gasteiger partial charge is 0.330 e. The minimum atomic E-state index is -0.0511. The predicted octanol–water partition coefficient (Wildman–Crippen LogP) is 3.07. The van der Waals surface area contributed by atoms with Crippen LogP contribution in [-0.2, 0) is 20.0 Å². The highest BCUT2D eigenvalue weighted by atomic mass is 32.1. The minimum Gasteiger partial charge on any atom is -0.330 e. The summed E-state index contributed by atoms with van der Waals surface area (Å²) in [6, 6.07) is 12.0. The Hall–Kier alpha value is -2.47. The Labute approximate surface area is 145 Å². The third kappa shape index (κ3) is 3.89. The highest BCUT2D eigenvalue weighted by molar-refractivity contribution is 7.09. The number of aromatic nitrogens is 3. The second-order valence-corrected chi connectivity index (χ2v) is 6.66. The molecule has 0 saturated carbocycles. The van der Waals surface area contributed by atoms with Crippen molar-refractivity contribution in [2.24, 2.45) is 7.05 Å². The molecule has 6 heteroatoms. The summed E-state index contributed by atoms with van der Waals surface area (Å²) in [6.07, 6.45) is 2.58. The van der Waals surface area contributed by atoms with Gasteiger partial charge in [-0.05, 0) is 25.0 Å². The lowest BCUT2D eigenvalue weighted by Crippen LogP contribution is -2.32. The van der Waals surface area contributed by atoms with Crippen molar-refractivity contribution in [2.75, 3.05) is 6.54 Å². The van der Waals surface area contributed by atoms with Gasteiger partial charge in [0, 0.05) is 30.9 Å². The van der Waals surface area contributed by atoms with E-state index in [9.17, 15) is 4.79 Å². The van der Waals surface area contributed by atoms with E-state index in [4.69, 9.17) is 0 Å². The first kappa shape index (κ1) is 16.4. The smallest absolute Gasteiger partial charge is 0.274 e. The summed E-state index contributed by atoms with van der Waals surface area (Å²) >= 11 is 1.56. The summed E-state index contributed by atoms with van der Waals surface area (Å²) in [4.78, 5) is 19.0. The van der Waals surface area contributed by atoms with E-state index in [0.717, 1.165) is 17.1 Å². The summed E-state index contributed by atoms with van der Waals surface area (Å²) < 4.78 is 1.73. The van der Waals surface area contributed by atoms with Crippen molar-refractivity contribution in [3.63, 3.8) is 0 Å². The van der Waals surface area contributed by atoms with Gasteiger partial charge in [0.2, 0.25) is 0 Å². The topological polar surface area (TPSA) is 51.0 Å². The van der Waals surface area contributed by atoms with Gasteiger partial charge in [-0.15, -0.1) is 11.3 Å². The van der Waals surface area contributed by atoms with Crippen molar-refractivity contribution < 1.29 is 4.79 Å². The number of carbonyl (C=O) groups is 1. The van der Waals surface area contributed by atoms with E-state index < -0.39 is 0 Å². The Bertz CT molecular complexity index is 776. The van der Waals surface area contributed by atoms with E-state index >= 15 is 0 Å². The summed E-state index contributed by atoms with van der Waals surface area (Å²) in [5.41, 5.74) is 2.67. The van der Waals surface area contributed by atoms with Crippen molar-refractivity contribution in [3.8, 4) is 0 Å². The number of hydrogen-bond donors (Lipinski definition) is 0. The van der Waals surface area contributed by atoms with Crippen LogP contribution in [0.15, 0.2) is 48.0 Å². The quantitative estimate of drug-likeness (QED) is 0.693. The van der Waals surface area contributed by atoms with Gasteiger partial charge in [0.15, 0.2) is 5.69 Å². The number of amides is 1. The maximum atomic E-state index is 12.9. The number of carbonyl (C=O) groups excluding carboxylic acids is 1. The third-order valence-corrected chi connectivity index (χ3v) is 4.71. The van der Waals surface area contributed by atoms with E-state index in [1.54, 1.807) is 22.2 Å². The molecule has 3 rings (SSSR count). The van der Waals surface area contributed by atoms with Crippen molar-refractivity contribution >= 4 is 17.2 Å². The number of thiazole rings is 1. The van der Waals surface area contributed by atoms with Crippen LogP contribution in [0.5, 0.6) is 0 Å². The highest BCUT2D eigenvalue weighted by Gasteiger charge is 2.20. The Morgan fingerprint density at radius 1 is 1.29 bits per heavy atom. The molecule has 2 heterocycles. The van der Waals surface area contributed by atoms with Crippen LogP contribution in [0.2, 0.25) is 0 Å². The van der Waals surface area contributed by atoms with Crippen LogP contribution in [-0.4, -0.2) is 32.1 Å². The molecule has 1 aromatic carbocycles. The van der Waals surface area contributed by atoms with Crippen molar-refractivity contribution in [3.05, 3.63) is 69.9 Å². The molecule has 5 nitrogen and oxygen atoms in total. The third-order valence-electron chi connectivity index (χ3n) is 3.94. The second-order valence-electron chi connectivity index (χ2n) is 5.68. The molecule has 0 fully saturated rings. The zero-order valence-electron chi connectivity index (χ0n) is 13.8. The van der Waals surface area contributed by atoms with Gasteiger partial charge >= 0.3 is 0 Å². The monoisotopic (exact) mass is 340 g/mol. The molecule has 0 N–H and O–H groups in total. The number of rotatable bonds is 6. The fourth-order valence-electron chi connectivity index (χ4n) is 2.48. The van der Waals surface area contributed by atoms with Crippen LogP contribution >= 0.6 is 11.3 Å². The first-order valence-corrected chi connectivity index (χ1v) is 8.73. The summed E-state index contributed by atoms with van der Waals surface area (Å²) in [5, 5.41) is 7.19. The molecule has 0 bridgehead atoms. The molecule has 0 atom stereocenters. The van der Waals surface area contributed by atoms with Gasteiger partial charge in [-0.2, -0.15) is 5.10 Å². The van der Waals surface area contributed by atoms with Crippen molar-refractivity contribution in [1.82, 2.24) is 19.7 Å². The molecule has 124 valence electrons. The van der Waals surface area contributed by atoms with Gasteiger partial charge < -0.3 is 4.90 Å². The summed E-state index contributed by atoms with van der Waals surface area (Å²) in [5.74, 6) is -0.0511. The average molecular weight is 340 g/mol. The molecular weight excluding hydrogens is 320 g/mol. The van der Waals surface area contributed by atoms with E-state index in [0.29, 0.717) is 18.8 Å². The number of hydrogen-bond acceptors (Lipinski definition) is 4. The van der Waals surface area contributed by atoms with Crippen LogP contribution in [0.3, 0.4) is 0 Å². The lowest BCUT2D eigenvalue weighted by Gasteiger charge is -2.20. The fraction of sp³-hybridized carbons (Fsp3) is 0.278. The first-order valence-electron chi connectivity index (χ1n) is 7.85. The number of nitrogens with zero attached hydrogens (tertiary/aromatic N) is 4. The summed E-state index contributed by atoms with van der Waals surface area (Å²) in [6.45, 7) is 3.09. The molecule has 0 saturated heterocycles. The SMILES string of the molecule is Cc1cc(C(=O)N(CCc2ccccc2)Cc2nccs2)nn1C. The molecule has 0 aliphatic rings. The van der Waals surface area contributed by atoms with Crippen LogP contribution in [0.25, 0.3) is 0 Å². The van der Waals surface area contributed by atoms with Gasteiger partial charge in [-0.3, -0.25) is 9.48 Å². The van der Waals surface area contributed by atoms with E-state index in [-0.39, 0.29) is 5.91 Å². The molecule has 0 radical (unpaired) electrons. The standard InChI is InChI=1S/C18H20N4OS/c1-14-12-16(20-21(14)2)18(23)22(13-17-19-9-11-24-17)10-8-15-6-4-3-5-7-15/h3-7,9,11-12H,8,10,13H2,1-2H3. The Morgan fingerprint density at radius 3 is 2.71 bits per heavy atom. The van der Waals surface area contributed by atoms with Gasteiger partial charge in [0.1, 0.15) is 5.01 Å². The Balaban J connectivity index is 1.77. The Morgan fingerprint density at radius 2 is 2.08 bits per heavy atom. The average Bonchev–Trinajstić information content (AvgIpc) is 3.22. The number of benzene rings is 1. The van der Waals surface area contributed by atoms with Crippen LogP contribution in [0.1, 0.15) is 26.8 Å². The molecule has 2 aromatic heterocycles. The lowest BCUT2D eigenvalue weighted by atomic mass is 10.1. The molecular formula is C18H20N4OS. The van der Waals surface area contributed by atoms with Crippen LogP contribution in [0, 0.1) is 6.92 Å². The Kier molecular flexibility index (Phi) is 5.05. The van der Waals surface area contributed by atoms with E-state index in [1.165, 1.54) is 5.56 Å². The molecule has 3 aromatic rings. The second kappa shape index (κ2) is 7.40. The van der Waals surface area contributed by atoms with E-state index in [2.05, 4.69) is 22.2 Å². The maximum Gasteiger partial charge on any atom is 0.274 e. The van der Waals surface area contributed by atoms with E-state index in [1.807, 2.05) is 48.5 Å². The zero-order chi connectivity index (χ0) is 16.9. The maximum absolute atomic E-state index is 12.9. The predicted molar refractivity (Wildman–Crippen MR) is 94.9 cm³/mol. The first-order chi connectivity index (χ1) is 11.6. The molecule has 1 amide bonds. The molecule has 0 spiro atoms. The van der Waals surface area contributed by atoms with Crippen molar-refractivity contribution in [1.29, 1.82) is 0 Å². The van der Waals surface area contributed by atoms with Crippen LogP contribution in [0.4, 0.5) is 0 Å². The minimum absolute atomic E-state index is 0.0511. The zero-order valence-corrected chi connectivity index (χ0v) is 14.7. The number of aryl methyl sites for hydroxylation is 2. The van der Waals surface area contributed by atoms with Crippen molar-refractivity contribution in [2.45, 2.75) is 19.9 Å². The molecule has 0 unspecified atom stereocenters. The molecule has 0 aliphatic heterocycles. The lowest BCUT2D eigenvalue weighted by molar-refractivity contribution is 0.0738. The normalized spacial score (nSPS) is 10.8. The van der Waals surface area contributed by atoms with Gasteiger partial charge in [0.05, 0.1) is 6.54 Å². The fourth-order valence-corrected chi connectivity index (χ4v) is 3.11. The van der Waals surface area contributed by atoms with Gasteiger partial charge in [0.25, 0.3) is 5.91 Å². The van der Waals surface area contributed by atoms with Gasteiger partial charge in [-0.25, -0.2) is 4.98 Å².